The van der Waals surface area contributed by atoms with Crippen LogP contribution in [-0.2, 0) is 4.74 Å². The Morgan fingerprint density at radius 3 is 2.62 bits per heavy atom. The van der Waals surface area contributed by atoms with Gasteiger partial charge in [0, 0.05) is 32.6 Å². The molecule has 1 rings (SSSR count). The van der Waals surface area contributed by atoms with E-state index in [0.717, 1.165) is 38.0 Å². The summed E-state index contributed by atoms with van der Waals surface area (Å²) in [6, 6.07) is 0. The van der Waals surface area contributed by atoms with Crippen LogP contribution in [0.1, 0.15) is 12.8 Å². The first-order valence-corrected chi connectivity index (χ1v) is 5.27. The fourth-order valence-corrected chi connectivity index (χ4v) is 1.75. The lowest BCUT2D eigenvalue weighted by Gasteiger charge is -2.31. The zero-order valence-electron chi connectivity index (χ0n) is 8.26. The van der Waals surface area contributed by atoms with Crippen molar-refractivity contribution >= 4 is 11.6 Å². The van der Waals surface area contributed by atoms with Crippen LogP contribution in [0.3, 0.4) is 0 Å². The monoisotopic (exact) mass is 203 g/mol. The topological polar surface area (TPSA) is 12.5 Å². The van der Waals surface area contributed by atoms with Crippen molar-refractivity contribution in [3.8, 4) is 0 Å². The maximum atomic E-state index is 5.68. The summed E-state index contributed by atoms with van der Waals surface area (Å²) in [5, 5.41) is 0. The molecule has 76 valence electrons. The molecule has 0 bridgehead atoms. The summed E-state index contributed by atoms with van der Waals surface area (Å²) in [5.74, 6) is 0.574. The molecule has 13 heavy (non-hydrogen) atoms. The summed E-state index contributed by atoms with van der Waals surface area (Å²) in [4.78, 5) is 2.39. The van der Waals surface area contributed by atoms with Gasteiger partial charge in [0.15, 0.2) is 0 Å². The Bertz CT molecular complexity index is 164. The molecule has 2 nitrogen and oxygen atoms in total. The van der Waals surface area contributed by atoms with Gasteiger partial charge in [-0.3, -0.25) is 4.90 Å². The molecule has 0 saturated carbocycles. The molecular formula is C10H18ClNO. The summed E-state index contributed by atoms with van der Waals surface area (Å²) in [7, 11) is 1.79. The van der Waals surface area contributed by atoms with Gasteiger partial charge in [0.25, 0.3) is 0 Å². The molecule has 0 amide bonds. The Hall–Kier alpha value is -0.0500. The van der Waals surface area contributed by atoms with Crippen molar-refractivity contribution in [2.75, 3.05) is 32.6 Å². The molecule has 1 aliphatic heterocycles. The molecule has 1 saturated heterocycles. The number of hydrogen-bond acceptors (Lipinski definition) is 2. The third-order valence-electron chi connectivity index (χ3n) is 2.50. The van der Waals surface area contributed by atoms with Gasteiger partial charge in [0.2, 0.25) is 0 Å². The lowest BCUT2D eigenvalue weighted by molar-refractivity contribution is 0.0438. The number of halogens is 1. The van der Waals surface area contributed by atoms with Gasteiger partial charge in [0.1, 0.15) is 0 Å². The largest absolute Gasteiger partial charge is 0.381 e. The number of piperidine rings is 1. The highest BCUT2D eigenvalue weighted by molar-refractivity contribution is 6.19. The zero-order valence-corrected chi connectivity index (χ0v) is 9.02. The number of nitrogens with zero attached hydrogens (tertiary/aromatic N) is 1. The number of hydrogen-bond donors (Lipinski definition) is 0. The first-order valence-electron chi connectivity index (χ1n) is 4.74. The highest BCUT2D eigenvalue weighted by Crippen LogP contribution is 2.13. The van der Waals surface area contributed by atoms with Crippen LogP contribution in [0.2, 0.25) is 0 Å². The summed E-state index contributed by atoms with van der Waals surface area (Å²) < 4.78 is 5.30. The molecule has 1 fully saturated rings. The third kappa shape index (κ3) is 3.67. The van der Waals surface area contributed by atoms with Crippen molar-refractivity contribution in [3.05, 3.63) is 12.2 Å². The Balaban J connectivity index is 2.21. The quantitative estimate of drug-likeness (QED) is 0.511. The molecule has 0 unspecified atom stereocenters. The molecule has 0 aromatic rings. The van der Waals surface area contributed by atoms with Crippen molar-refractivity contribution in [1.29, 1.82) is 0 Å². The SMILES string of the molecule is C=C(CCl)CN1CCC(OC)CC1. The third-order valence-corrected chi connectivity index (χ3v) is 2.88. The highest BCUT2D eigenvalue weighted by atomic mass is 35.5. The predicted molar refractivity (Wildman–Crippen MR) is 56.3 cm³/mol. The lowest BCUT2D eigenvalue weighted by Crippen LogP contribution is -2.37. The first-order chi connectivity index (χ1) is 6.26. The average Bonchev–Trinajstić information content (AvgIpc) is 2.19. The van der Waals surface area contributed by atoms with Gasteiger partial charge in [-0.2, -0.15) is 0 Å². The summed E-state index contributed by atoms with van der Waals surface area (Å²) in [6.45, 7) is 7.06. The Labute approximate surface area is 85.5 Å². The minimum Gasteiger partial charge on any atom is -0.381 e. The summed E-state index contributed by atoms with van der Waals surface area (Å²) in [6.07, 6.45) is 2.72. The van der Waals surface area contributed by atoms with Crippen LogP contribution in [0, 0.1) is 0 Å². The number of methoxy groups -OCH3 is 1. The van der Waals surface area contributed by atoms with Crippen LogP contribution in [0.15, 0.2) is 12.2 Å². The van der Waals surface area contributed by atoms with Gasteiger partial charge >= 0.3 is 0 Å². The Kier molecular flexibility index (Phi) is 4.78. The van der Waals surface area contributed by atoms with E-state index >= 15 is 0 Å². The minimum atomic E-state index is 0.459. The van der Waals surface area contributed by atoms with Crippen molar-refractivity contribution < 1.29 is 4.74 Å². The van der Waals surface area contributed by atoms with Crippen LogP contribution in [-0.4, -0.2) is 43.6 Å². The van der Waals surface area contributed by atoms with E-state index in [2.05, 4.69) is 11.5 Å². The van der Waals surface area contributed by atoms with Crippen LogP contribution in [0.25, 0.3) is 0 Å². The van der Waals surface area contributed by atoms with Crippen molar-refractivity contribution in [2.24, 2.45) is 0 Å². The van der Waals surface area contributed by atoms with Crippen LogP contribution in [0.4, 0.5) is 0 Å². The van der Waals surface area contributed by atoms with Crippen molar-refractivity contribution in [1.82, 2.24) is 4.90 Å². The molecule has 0 aromatic carbocycles. The molecule has 1 aliphatic rings. The van der Waals surface area contributed by atoms with E-state index in [0.29, 0.717) is 12.0 Å². The number of alkyl halides is 1. The average molecular weight is 204 g/mol. The fraction of sp³-hybridized carbons (Fsp3) is 0.800. The molecule has 0 aromatic heterocycles. The maximum Gasteiger partial charge on any atom is 0.0595 e. The van der Waals surface area contributed by atoms with Crippen LogP contribution >= 0.6 is 11.6 Å². The standard InChI is InChI=1S/C10H18ClNO/c1-9(7-11)8-12-5-3-10(13-2)4-6-12/h10H,1,3-8H2,2H3. The van der Waals surface area contributed by atoms with Crippen molar-refractivity contribution in [2.45, 2.75) is 18.9 Å². The molecule has 3 heteroatoms. The predicted octanol–water partition coefficient (Wildman–Crippen LogP) is 1.89. The summed E-state index contributed by atoms with van der Waals surface area (Å²) in [5.41, 5.74) is 1.11. The van der Waals surface area contributed by atoms with E-state index in [1.54, 1.807) is 7.11 Å². The molecule has 1 heterocycles. The lowest BCUT2D eigenvalue weighted by atomic mass is 10.1. The second-order valence-corrected chi connectivity index (χ2v) is 3.86. The number of rotatable bonds is 4. The van der Waals surface area contributed by atoms with Crippen LogP contribution < -0.4 is 0 Å². The van der Waals surface area contributed by atoms with E-state index in [9.17, 15) is 0 Å². The normalized spacial score (nSPS) is 20.5. The molecule has 0 atom stereocenters. The Morgan fingerprint density at radius 2 is 2.15 bits per heavy atom. The van der Waals surface area contributed by atoms with E-state index in [-0.39, 0.29) is 0 Å². The maximum absolute atomic E-state index is 5.68. The zero-order chi connectivity index (χ0) is 9.68. The molecule has 0 N–H and O–H groups in total. The van der Waals surface area contributed by atoms with Gasteiger partial charge in [-0.05, 0) is 18.4 Å². The number of likely N-dealkylation sites (tertiary alicyclic amines) is 1. The fourth-order valence-electron chi connectivity index (χ4n) is 1.66. The molecule has 0 aliphatic carbocycles. The molecular weight excluding hydrogens is 186 g/mol. The number of ether oxygens (including phenoxy) is 1. The molecule has 0 radical (unpaired) electrons. The van der Waals surface area contributed by atoms with Crippen molar-refractivity contribution in [3.63, 3.8) is 0 Å². The van der Waals surface area contributed by atoms with E-state index in [1.807, 2.05) is 0 Å². The molecule has 0 spiro atoms. The van der Waals surface area contributed by atoms with Gasteiger partial charge in [-0.15, -0.1) is 11.6 Å². The minimum absolute atomic E-state index is 0.459. The smallest absolute Gasteiger partial charge is 0.0595 e. The van der Waals surface area contributed by atoms with Gasteiger partial charge in [0.05, 0.1) is 6.10 Å². The van der Waals surface area contributed by atoms with E-state index in [4.69, 9.17) is 16.3 Å². The second kappa shape index (κ2) is 5.63. The van der Waals surface area contributed by atoms with Gasteiger partial charge in [-0.25, -0.2) is 0 Å². The van der Waals surface area contributed by atoms with E-state index < -0.39 is 0 Å². The highest BCUT2D eigenvalue weighted by Gasteiger charge is 2.18. The Morgan fingerprint density at radius 1 is 1.54 bits per heavy atom. The van der Waals surface area contributed by atoms with Crippen LogP contribution in [0.5, 0.6) is 0 Å². The van der Waals surface area contributed by atoms with Gasteiger partial charge < -0.3 is 4.74 Å². The second-order valence-electron chi connectivity index (χ2n) is 3.59. The van der Waals surface area contributed by atoms with Gasteiger partial charge in [-0.1, -0.05) is 6.58 Å². The first kappa shape index (κ1) is 11.0. The van der Waals surface area contributed by atoms with E-state index in [1.165, 1.54) is 0 Å². The summed E-state index contributed by atoms with van der Waals surface area (Å²) >= 11 is 5.68.